The number of aromatic nitrogens is 2. The quantitative estimate of drug-likeness (QED) is 0.711. The lowest BCUT2D eigenvalue weighted by atomic mass is 9.98. The van der Waals surface area contributed by atoms with Crippen LogP contribution in [0.25, 0.3) is 5.69 Å². The third kappa shape index (κ3) is 4.35. The predicted octanol–water partition coefficient (Wildman–Crippen LogP) is 3.52. The number of rotatable bonds is 7. The number of alkyl carbamates (subject to hydrolysis) is 1. The Morgan fingerprint density at radius 2 is 2.04 bits per heavy atom. The Morgan fingerprint density at radius 1 is 1.32 bits per heavy atom. The van der Waals surface area contributed by atoms with Gasteiger partial charge < -0.3 is 19.7 Å². The minimum absolute atomic E-state index is 0.0181. The number of carboxylic acid groups (broad SMARTS) is 1. The number of amides is 1. The fraction of sp³-hybridized carbons (Fsp3) is 0.476. The Kier molecular flexibility index (Phi) is 5.45. The highest BCUT2D eigenvalue weighted by molar-refractivity contribution is 5.85. The van der Waals surface area contributed by atoms with Crippen molar-refractivity contribution in [1.29, 1.82) is 0 Å². The number of nitrogens with one attached hydrogen (secondary N) is 1. The van der Waals surface area contributed by atoms with Gasteiger partial charge in [0.2, 0.25) is 0 Å². The van der Waals surface area contributed by atoms with E-state index in [0.29, 0.717) is 31.5 Å². The molecule has 150 valence electrons. The molecule has 1 aromatic heterocycles. The molecule has 1 amide bonds. The number of imidazole rings is 1. The standard InChI is InChI=1S/C21H27N3O4/c1-20(2,3)28-19(27)22-11-7-8-15-12-21(15,18(25)26)17-13-24(14-23-17)16-9-5-4-6-10-16/h4-6,9-10,13-15H,7-8,11-12H2,1-3H3,(H,22,27)(H,25,26)/t15-,21+/m0/s1. The molecule has 2 aromatic rings. The molecule has 1 saturated carbocycles. The molecule has 3 rings (SSSR count). The van der Waals surface area contributed by atoms with E-state index in [-0.39, 0.29) is 5.92 Å². The molecule has 1 aromatic carbocycles. The second-order valence-corrected chi connectivity index (χ2v) is 8.25. The molecule has 1 aliphatic rings. The Hall–Kier alpha value is -2.83. The highest BCUT2D eigenvalue weighted by Gasteiger charge is 2.62. The predicted molar refractivity (Wildman–Crippen MR) is 104 cm³/mol. The first-order valence-corrected chi connectivity index (χ1v) is 9.52. The zero-order chi connectivity index (χ0) is 20.4. The fourth-order valence-electron chi connectivity index (χ4n) is 3.51. The molecule has 7 heteroatoms. The third-order valence-corrected chi connectivity index (χ3v) is 4.98. The van der Waals surface area contributed by atoms with Gasteiger partial charge in [-0.1, -0.05) is 18.2 Å². The van der Waals surface area contributed by atoms with Crippen molar-refractivity contribution in [3.8, 4) is 5.69 Å². The zero-order valence-corrected chi connectivity index (χ0v) is 16.5. The second-order valence-electron chi connectivity index (χ2n) is 8.25. The van der Waals surface area contributed by atoms with E-state index in [1.807, 2.05) is 61.9 Å². The molecule has 0 unspecified atom stereocenters. The van der Waals surface area contributed by atoms with Gasteiger partial charge in [0.1, 0.15) is 11.0 Å². The van der Waals surface area contributed by atoms with Crippen LogP contribution in [0.1, 0.15) is 45.7 Å². The van der Waals surface area contributed by atoms with E-state index >= 15 is 0 Å². The molecule has 0 aliphatic heterocycles. The Balaban J connectivity index is 1.57. The SMILES string of the molecule is CC(C)(C)OC(=O)NCCC[C@H]1C[C@]1(C(=O)O)c1cn(-c2ccccc2)cn1. The molecule has 0 radical (unpaired) electrons. The van der Waals surface area contributed by atoms with Crippen LogP contribution in [0.5, 0.6) is 0 Å². The summed E-state index contributed by atoms with van der Waals surface area (Å²) in [6, 6.07) is 9.69. The van der Waals surface area contributed by atoms with Crippen LogP contribution in [0.3, 0.4) is 0 Å². The highest BCUT2D eigenvalue weighted by atomic mass is 16.6. The van der Waals surface area contributed by atoms with Gasteiger partial charge in [-0.3, -0.25) is 4.79 Å². The van der Waals surface area contributed by atoms with E-state index < -0.39 is 23.1 Å². The minimum atomic E-state index is -0.925. The lowest BCUT2D eigenvalue weighted by Crippen LogP contribution is -2.33. The molecule has 1 heterocycles. The van der Waals surface area contributed by atoms with E-state index in [1.54, 1.807) is 6.33 Å². The summed E-state index contributed by atoms with van der Waals surface area (Å²) in [7, 11) is 0. The van der Waals surface area contributed by atoms with Crippen molar-refractivity contribution >= 4 is 12.1 Å². The van der Waals surface area contributed by atoms with Crippen molar-refractivity contribution in [1.82, 2.24) is 14.9 Å². The van der Waals surface area contributed by atoms with Gasteiger partial charge in [-0.15, -0.1) is 0 Å². The van der Waals surface area contributed by atoms with Gasteiger partial charge in [0.25, 0.3) is 0 Å². The summed E-state index contributed by atoms with van der Waals surface area (Å²) < 4.78 is 7.04. The number of hydrogen-bond acceptors (Lipinski definition) is 4. The Bertz CT molecular complexity index is 841. The largest absolute Gasteiger partial charge is 0.481 e. The third-order valence-electron chi connectivity index (χ3n) is 4.98. The van der Waals surface area contributed by atoms with Crippen LogP contribution in [-0.2, 0) is 14.9 Å². The molecule has 0 bridgehead atoms. The second kappa shape index (κ2) is 7.66. The van der Waals surface area contributed by atoms with Gasteiger partial charge in [-0.25, -0.2) is 9.78 Å². The Labute approximate surface area is 164 Å². The van der Waals surface area contributed by atoms with Crippen LogP contribution in [-0.4, -0.2) is 38.9 Å². The van der Waals surface area contributed by atoms with Gasteiger partial charge in [0, 0.05) is 18.4 Å². The topological polar surface area (TPSA) is 93.5 Å². The van der Waals surface area contributed by atoms with Gasteiger partial charge in [-0.2, -0.15) is 0 Å². The number of carbonyl (C=O) groups is 2. The maximum absolute atomic E-state index is 12.0. The first-order valence-electron chi connectivity index (χ1n) is 9.52. The van der Waals surface area contributed by atoms with Gasteiger partial charge in [0.05, 0.1) is 12.0 Å². The summed E-state index contributed by atoms with van der Waals surface area (Å²) in [5.41, 5.74) is 0.0808. The van der Waals surface area contributed by atoms with Crippen LogP contribution >= 0.6 is 0 Å². The summed E-state index contributed by atoms with van der Waals surface area (Å²) >= 11 is 0. The van der Waals surface area contributed by atoms with Gasteiger partial charge in [-0.05, 0) is 58.1 Å². The molecule has 2 N–H and O–H groups in total. The first-order chi connectivity index (χ1) is 13.2. The molecule has 7 nitrogen and oxygen atoms in total. The molecule has 1 aliphatic carbocycles. The van der Waals surface area contributed by atoms with Crippen LogP contribution in [0.15, 0.2) is 42.9 Å². The number of benzene rings is 1. The summed E-state index contributed by atoms with van der Waals surface area (Å²) in [6.45, 7) is 5.89. The van der Waals surface area contributed by atoms with Crippen molar-refractivity contribution in [2.75, 3.05) is 6.54 Å². The van der Waals surface area contributed by atoms with E-state index in [9.17, 15) is 14.7 Å². The lowest BCUT2D eigenvalue weighted by Gasteiger charge is -2.19. The smallest absolute Gasteiger partial charge is 0.407 e. The van der Waals surface area contributed by atoms with Crippen LogP contribution < -0.4 is 5.32 Å². The van der Waals surface area contributed by atoms with Crippen molar-refractivity contribution in [3.05, 3.63) is 48.5 Å². The van der Waals surface area contributed by atoms with Crippen LogP contribution in [0.2, 0.25) is 0 Å². The average Bonchev–Trinajstić information content (AvgIpc) is 3.15. The van der Waals surface area contributed by atoms with Gasteiger partial charge >= 0.3 is 12.1 Å². The van der Waals surface area contributed by atoms with E-state index in [1.165, 1.54) is 0 Å². The fourth-order valence-corrected chi connectivity index (χ4v) is 3.51. The molecule has 0 saturated heterocycles. The molecular formula is C21H27N3O4. The normalized spacial score (nSPS) is 21.2. The minimum Gasteiger partial charge on any atom is -0.481 e. The molecule has 2 atom stereocenters. The highest BCUT2D eigenvalue weighted by Crippen LogP contribution is 2.56. The lowest BCUT2D eigenvalue weighted by molar-refractivity contribution is -0.140. The number of aliphatic carboxylic acids is 1. The molecule has 0 spiro atoms. The number of ether oxygens (including phenoxy) is 1. The van der Waals surface area contributed by atoms with Crippen molar-refractivity contribution < 1.29 is 19.4 Å². The van der Waals surface area contributed by atoms with E-state index in [0.717, 1.165) is 5.69 Å². The summed E-state index contributed by atoms with van der Waals surface area (Å²) in [6.07, 6.45) is 4.99. The van der Waals surface area contributed by atoms with Crippen molar-refractivity contribution in [2.24, 2.45) is 5.92 Å². The van der Waals surface area contributed by atoms with E-state index in [4.69, 9.17) is 4.74 Å². The monoisotopic (exact) mass is 385 g/mol. The number of hydrogen-bond donors (Lipinski definition) is 2. The molecule has 1 fully saturated rings. The number of nitrogens with zero attached hydrogens (tertiary/aromatic N) is 2. The summed E-state index contributed by atoms with van der Waals surface area (Å²) in [4.78, 5) is 28.1. The number of carbonyl (C=O) groups excluding carboxylic acids is 1. The summed E-state index contributed by atoms with van der Waals surface area (Å²) in [5.74, 6) is -0.819. The maximum Gasteiger partial charge on any atom is 0.407 e. The molecular weight excluding hydrogens is 358 g/mol. The zero-order valence-electron chi connectivity index (χ0n) is 16.5. The van der Waals surface area contributed by atoms with Gasteiger partial charge in [0.15, 0.2) is 0 Å². The van der Waals surface area contributed by atoms with Crippen molar-refractivity contribution in [2.45, 2.75) is 51.0 Å². The number of para-hydroxylation sites is 1. The van der Waals surface area contributed by atoms with E-state index in [2.05, 4.69) is 10.3 Å². The average molecular weight is 385 g/mol. The summed E-state index contributed by atoms with van der Waals surface area (Å²) in [5, 5.41) is 12.6. The first kappa shape index (κ1) is 19.9. The van der Waals surface area contributed by atoms with Crippen LogP contribution in [0, 0.1) is 5.92 Å². The van der Waals surface area contributed by atoms with Crippen molar-refractivity contribution in [3.63, 3.8) is 0 Å². The Morgan fingerprint density at radius 3 is 2.68 bits per heavy atom. The molecule has 28 heavy (non-hydrogen) atoms. The number of carboxylic acids is 1. The van der Waals surface area contributed by atoms with Crippen LogP contribution in [0.4, 0.5) is 4.79 Å². The maximum atomic E-state index is 12.0.